The van der Waals surface area contributed by atoms with Gasteiger partial charge >= 0.3 is 0 Å². The summed E-state index contributed by atoms with van der Waals surface area (Å²) in [5.74, 6) is 0.647. The van der Waals surface area contributed by atoms with E-state index < -0.39 is 6.67 Å². The molecule has 1 aromatic heterocycles. The van der Waals surface area contributed by atoms with Crippen molar-refractivity contribution in [1.29, 1.82) is 0 Å². The van der Waals surface area contributed by atoms with Gasteiger partial charge in [-0.15, -0.1) is 0 Å². The van der Waals surface area contributed by atoms with Gasteiger partial charge in [0.25, 0.3) is 11.8 Å². The van der Waals surface area contributed by atoms with Crippen LogP contribution in [0, 0.1) is 5.92 Å². The van der Waals surface area contributed by atoms with Gasteiger partial charge in [0.05, 0.1) is 18.8 Å². The second kappa shape index (κ2) is 8.98. The van der Waals surface area contributed by atoms with E-state index in [0.29, 0.717) is 54.6 Å². The number of halogens is 1. The number of fused-ring (bicyclic) bond motifs is 1. The number of likely N-dealkylation sites (tertiary alicyclic amines) is 1. The SMILES string of the molecule is C=C(C)C(=O)N1C=CC(N2CCOc3cc(C(=O)N4CCC[C@@H](CF)C4)cnc32)=CC1=C. The van der Waals surface area contributed by atoms with Gasteiger partial charge in [0, 0.05) is 48.4 Å². The highest BCUT2D eigenvalue weighted by molar-refractivity contribution is 5.95. The number of hydrogen-bond donors (Lipinski definition) is 0. The predicted octanol–water partition coefficient (Wildman–Crippen LogP) is 3.43. The molecule has 1 fully saturated rings. The lowest BCUT2D eigenvalue weighted by atomic mass is 9.99. The second-order valence-electron chi connectivity index (χ2n) is 8.29. The van der Waals surface area contributed by atoms with E-state index in [1.165, 1.54) is 4.90 Å². The largest absolute Gasteiger partial charge is 0.488 e. The number of anilines is 1. The van der Waals surface area contributed by atoms with Crippen LogP contribution in [0.3, 0.4) is 0 Å². The van der Waals surface area contributed by atoms with E-state index in [2.05, 4.69) is 18.1 Å². The Balaban J connectivity index is 1.54. The number of ether oxygens (including phenoxy) is 1. The molecule has 4 heterocycles. The first kappa shape index (κ1) is 21.8. The summed E-state index contributed by atoms with van der Waals surface area (Å²) in [5.41, 5.74) is 2.21. The van der Waals surface area contributed by atoms with Crippen LogP contribution >= 0.6 is 0 Å². The highest BCUT2D eigenvalue weighted by Crippen LogP contribution is 2.34. The summed E-state index contributed by atoms with van der Waals surface area (Å²) >= 11 is 0. The van der Waals surface area contributed by atoms with Crippen LogP contribution in [-0.2, 0) is 4.79 Å². The minimum absolute atomic E-state index is 0.0977. The Kier molecular flexibility index (Phi) is 6.12. The van der Waals surface area contributed by atoms with Crippen LogP contribution in [0.1, 0.15) is 30.1 Å². The molecule has 0 aromatic carbocycles. The molecular weight excluding hydrogens is 411 g/mol. The smallest absolute Gasteiger partial charge is 0.257 e. The fourth-order valence-corrected chi connectivity index (χ4v) is 4.13. The molecule has 0 radical (unpaired) electrons. The van der Waals surface area contributed by atoms with E-state index in [0.717, 1.165) is 18.5 Å². The second-order valence-corrected chi connectivity index (χ2v) is 8.29. The van der Waals surface area contributed by atoms with Crippen LogP contribution in [0.4, 0.5) is 10.2 Å². The van der Waals surface area contributed by atoms with Crippen LogP contribution in [-0.4, -0.2) is 59.5 Å². The van der Waals surface area contributed by atoms with Gasteiger partial charge in [0.1, 0.15) is 6.61 Å². The molecule has 0 aliphatic carbocycles. The number of carbonyl (C=O) groups excluding carboxylic acids is 2. The Morgan fingerprint density at radius 3 is 2.88 bits per heavy atom. The molecule has 0 spiro atoms. The minimum atomic E-state index is -0.409. The summed E-state index contributed by atoms with van der Waals surface area (Å²) in [6, 6.07) is 1.70. The van der Waals surface area contributed by atoms with Crippen LogP contribution in [0.2, 0.25) is 0 Å². The van der Waals surface area contributed by atoms with Gasteiger partial charge in [-0.2, -0.15) is 0 Å². The molecule has 0 bridgehead atoms. The molecule has 2 amide bonds. The van der Waals surface area contributed by atoms with Gasteiger partial charge < -0.3 is 14.5 Å². The summed E-state index contributed by atoms with van der Waals surface area (Å²) < 4.78 is 18.9. The summed E-state index contributed by atoms with van der Waals surface area (Å²) in [4.78, 5) is 34.8. The van der Waals surface area contributed by atoms with Crippen LogP contribution in [0.15, 0.2) is 60.7 Å². The number of allylic oxidation sites excluding steroid dienone is 2. The molecule has 1 saturated heterocycles. The molecule has 168 valence electrons. The number of nitrogens with zero attached hydrogens (tertiary/aromatic N) is 4. The molecule has 1 atom stereocenters. The van der Waals surface area contributed by atoms with E-state index >= 15 is 0 Å². The third-order valence-corrected chi connectivity index (χ3v) is 5.85. The van der Waals surface area contributed by atoms with Crippen molar-refractivity contribution in [2.24, 2.45) is 5.92 Å². The maximum absolute atomic E-state index is 13.1. The van der Waals surface area contributed by atoms with Gasteiger partial charge in [-0.25, -0.2) is 4.98 Å². The Labute approximate surface area is 187 Å². The van der Waals surface area contributed by atoms with Gasteiger partial charge in [-0.3, -0.25) is 18.9 Å². The number of carbonyl (C=O) groups is 2. The Hall–Kier alpha value is -3.42. The van der Waals surface area contributed by atoms with Crippen LogP contribution in [0.5, 0.6) is 5.75 Å². The van der Waals surface area contributed by atoms with Crippen molar-refractivity contribution >= 4 is 17.6 Å². The first-order chi connectivity index (χ1) is 15.4. The number of piperidine rings is 1. The first-order valence-corrected chi connectivity index (χ1v) is 10.7. The van der Waals surface area contributed by atoms with Crippen molar-refractivity contribution in [3.8, 4) is 5.75 Å². The number of amides is 2. The normalized spacial score (nSPS) is 20.4. The quantitative estimate of drug-likeness (QED) is 0.674. The summed E-state index contributed by atoms with van der Waals surface area (Å²) in [5, 5.41) is 0. The van der Waals surface area contributed by atoms with Crippen molar-refractivity contribution in [2.75, 3.05) is 37.8 Å². The van der Waals surface area contributed by atoms with Gasteiger partial charge in [-0.1, -0.05) is 13.2 Å². The lowest BCUT2D eigenvalue weighted by molar-refractivity contribution is -0.123. The molecule has 0 N–H and O–H groups in total. The molecule has 7 nitrogen and oxygen atoms in total. The standard InChI is InChI=1S/C24H27FN4O3/c1-16(2)23(30)28-8-6-20(11-17(28)3)29-9-10-32-21-12-19(14-26-22(21)29)24(31)27-7-4-5-18(13-25)15-27/h6,8,11-12,14,18H,1,3-5,7,9-10,13,15H2,2H3/t18-/m0/s1. The van der Waals surface area contributed by atoms with E-state index in [9.17, 15) is 14.0 Å². The predicted molar refractivity (Wildman–Crippen MR) is 120 cm³/mol. The Bertz CT molecular complexity index is 1030. The molecular formula is C24H27FN4O3. The highest BCUT2D eigenvalue weighted by Gasteiger charge is 2.28. The first-order valence-electron chi connectivity index (χ1n) is 10.7. The van der Waals surface area contributed by atoms with E-state index in [-0.39, 0.29) is 17.7 Å². The van der Waals surface area contributed by atoms with E-state index in [4.69, 9.17) is 4.74 Å². The fraction of sp³-hybridized carbons (Fsp3) is 0.375. The molecule has 3 aliphatic rings. The number of pyridine rings is 1. The maximum atomic E-state index is 13.1. The van der Waals surface area contributed by atoms with Crippen molar-refractivity contribution in [3.63, 3.8) is 0 Å². The van der Waals surface area contributed by atoms with Crippen molar-refractivity contribution in [2.45, 2.75) is 19.8 Å². The average molecular weight is 439 g/mol. The molecule has 8 heteroatoms. The summed E-state index contributed by atoms with van der Waals surface area (Å²) in [6.07, 6.45) is 8.44. The van der Waals surface area contributed by atoms with Crippen molar-refractivity contribution in [1.82, 2.24) is 14.8 Å². The van der Waals surface area contributed by atoms with Crippen LogP contribution < -0.4 is 9.64 Å². The maximum Gasteiger partial charge on any atom is 0.257 e. The van der Waals surface area contributed by atoms with E-state index in [1.54, 1.807) is 30.3 Å². The third kappa shape index (κ3) is 4.17. The topological polar surface area (TPSA) is 66.0 Å². The highest BCUT2D eigenvalue weighted by atomic mass is 19.1. The van der Waals surface area contributed by atoms with Gasteiger partial charge in [0.2, 0.25) is 0 Å². The number of aromatic nitrogens is 1. The van der Waals surface area contributed by atoms with Gasteiger partial charge in [0.15, 0.2) is 11.6 Å². The van der Waals surface area contributed by atoms with Crippen LogP contribution in [0.25, 0.3) is 0 Å². The molecule has 3 aliphatic heterocycles. The van der Waals surface area contributed by atoms with E-state index in [1.807, 2.05) is 17.1 Å². The lowest BCUT2D eigenvalue weighted by Gasteiger charge is -2.34. The molecule has 0 unspecified atom stereocenters. The molecule has 0 saturated carbocycles. The molecule has 1 aromatic rings. The zero-order valence-electron chi connectivity index (χ0n) is 18.2. The van der Waals surface area contributed by atoms with Crippen molar-refractivity contribution in [3.05, 3.63) is 66.3 Å². The summed E-state index contributed by atoms with van der Waals surface area (Å²) in [6.45, 7) is 11.0. The number of alkyl halides is 1. The monoisotopic (exact) mass is 438 g/mol. The lowest BCUT2D eigenvalue weighted by Crippen LogP contribution is -2.40. The number of rotatable bonds is 4. The summed E-state index contributed by atoms with van der Waals surface area (Å²) in [7, 11) is 0. The molecule has 32 heavy (non-hydrogen) atoms. The van der Waals surface area contributed by atoms with Crippen molar-refractivity contribution < 1.29 is 18.7 Å². The zero-order chi connectivity index (χ0) is 22.8. The van der Waals surface area contributed by atoms with Gasteiger partial charge in [-0.05, 0) is 38.0 Å². The minimum Gasteiger partial charge on any atom is -0.488 e. The fourth-order valence-electron chi connectivity index (χ4n) is 4.13. The average Bonchev–Trinajstić information content (AvgIpc) is 2.82. The Morgan fingerprint density at radius 1 is 1.34 bits per heavy atom. The number of hydrogen-bond acceptors (Lipinski definition) is 5. The zero-order valence-corrected chi connectivity index (χ0v) is 18.2. The Morgan fingerprint density at radius 2 is 2.16 bits per heavy atom. The molecule has 4 rings (SSSR count). The third-order valence-electron chi connectivity index (χ3n) is 5.85.